The predicted octanol–water partition coefficient (Wildman–Crippen LogP) is 2.63. The summed E-state index contributed by atoms with van der Waals surface area (Å²) in [6.07, 6.45) is -4.70. The molecule has 1 aliphatic rings. The van der Waals surface area contributed by atoms with Gasteiger partial charge >= 0.3 is 12.1 Å². The molecule has 1 fully saturated rings. The zero-order chi connectivity index (χ0) is 14.9. The van der Waals surface area contributed by atoms with Crippen LogP contribution in [0.5, 0.6) is 0 Å². The van der Waals surface area contributed by atoms with Crippen molar-refractivity contribution in [1.82, 2.24) is 0 Å². The number of carbonyl (C=O) groups is 1. The van der Waals surface area contributed by atoms with Crippen LogP contribution in [-0.4, -0.2) is 36.9 Å². The highest BCUT2D eigenvalue weighted by atomic mass is 19.4. The van der Waals surface area contributed by atoms with E-state index in [0.717, 1.165) is 12.1 Å². The van der Waals surface area contributed by atoms with Crippen LogP contribution in [0.2, 0.25) is 0 Å². The Morgan fingerprint density at radius 1 is 1.45 bits per heavy atom. The second-order valence-electron chi connectivity index (χ2n) is 4.65. The number of morpholine rings is 1. The summed E-state index contributed by atoms with van der Waals surface area (Å²) >= 11 is 0. The molecule has 1 atom stereocenters. The number of carboxylic acid groups (broad SMARTS) is 1. The zero-order valence-corrected chi connectivity index (χ0v) is 10.8. The normalized spacial score (nSPS) is 20.0. The molecule has 1 aromatic carbocycles. The van der Waals surface area contributed by atoms with E-state index in [4.69, 9.17) is 9.84 Å². The fraction of sp³-hybridized carbons (Fsp3) is 0.462. The lowest BCUT2D eigenvalue weighted by molar-refractivity contribution is -0.138. The first-order chi connectivity index (χ1) is 9.30. The van der Waals surface area contributed by atoms with Crippen molar-refractivity contribution < 1.29 is 27.8 Å². The Morgan fingerprint density at radius 2 is 2.15 bits per heavy atom. The molecule has 20 heavy (non-hydrogen) atoms. The summed E-state index contributed by atoms with van der Waals surface area (Å²) in [5, 5.41) is 8.85. The van der Waals surface area contributed by atoms with Crippen molar-refractivity contribution in [2.75, 3.05) is 24.7 Å². The number of alkyl halides is 3. The molecule has 110 valence electrons. The van der Waals surface area contributed by atoms with Gasteiger partial charge in [0, 0.05) is 18.3 Å². The molecule has 1 saturated heterocycles. The number of ether oxygens (including phenoxy) is 1. The average Bonchev–Trinajstić information content (AvgIpc) is 2.37. The molecule has 0 saturated carbocycles. The number of aromatic carboxylic acids is 1. The maximum Gasteiger partial charge on any atom is 0.417 e. The number of benzene rings is 1. The van der Waals surface area contributed by atoms with Crippen LogP contribution < -0.4 is 4.90 Å². The highest BCUT2D eigenvalue weighted by molar-refractivity contribution is 5.90. The van der Waals surface area contributed by atoms with Crippen LogP contribution in [0, 0.1) is 0 Å². The first kappa shape index (κ1) is 14.6. The number of hydrogen-bond donors (Lipinski definition) is 1. The van der Waals surface area contributed by atoms with Crippen LogP contribution >= 0.6 is 0 Å². The van der Waals surface area contributed by atoms with E-state index in [1.165, 1.54) is 6.07 Å². The largest absolute Gasteiger partial charge is 0.478 e. The Balaban J connectivity index is 2.44. The van der Waals surface area contributed by atoms with Crippen molar-refractivity contribution in [3.05, 3.63) is 29.3 Å². The van der Waals surface area contributed by atoms with Crippen molar-refractivity contribution in [3.63, 3.8) is 0 Å². The van der Waals surface area contributed by atoms with Gasteiger partial charge in [0.1, 0.15) is 0 Å². The molecule has 0 bridgehead atoms. The van der Waals surface area contributed by atoms with Crippen molar-refractivity contribution in [3.8, 4) is 0 Å². The lowest BCUT2D eigenvalue weighted by Crippen LogP contribution is -2.43. The lowest BCUT2D eigenvalue weighted by atomic mass is 10.0. The quantitative estimate of drug-likeness (QED) is 0.909. The molecule has 1 aromatic rings. The number of carboxylic acids is 1. The molecule has 0 amide bonds. The van der Waals surface area contributed by atoms with Gasteiger partial charge in [-0.2, -0.15) is 13.2 Å². The number of rotatable bonds is 2. The minimum Gasteiger partial charge on any atom is -0.478 e. The fourth-order valence-corrected chi connectivity index (χ4v) is 2.24. The minimum absolute atomic E-state index is 0.0551. The third-order valence-corrected chi connectivity index (χ3v) is 3.24. The van der Waals surface area contributed by atoms with Gasteiger partial charge in [-0.1, -0.05) is 0 Å². The maximum atomic E-state index is 12.9. The molecule has 0 radical (unpaired) electrons. The molecule has 1 unspecified atom stereocenters. The SMILES string of the molecule is CC1COCCN1c1ccc(C(=O)O)c(C(F)(F)F)c1. The van der Waals surface area contributed by atoms with Gasteiger partial charge in [0.2, 0.25) is 0 Å². The Labute approximate surface area is 113 Å². The van der Waals surface area contributed by atoms with Gasteiger partial charge in [0.25, 0.3) is 0 Å². The van der Waals surface area contributed by atoms with Gasteiger partial charge in [0.05, 0.1) is 24.3 Å². The molecule has 0 aliphatic carbocycles. The van der Waals surface area contributed by atoms with Crippen LogP contribution in [0.4, 0.5) is 18.9 Å². The summed E-state index contributed by atoms with van der Waals surface area (Å²) in [7, 11) is 0. The molecule has 2 rings (SSSR count). The molecule has 7 heteroatoms. The maximum absolute atomic E-state index is 12.9. The predicted molar refractivity (Wildman–Crippen MR) is 66.0 cm³/mol. The van der Waals surface area contributed by atoms with Gasteiger partial charge in [-0.05, 0) is 25.1 Å². The van der Waals surface area contributed by atoms with Crippen molar-refractivity contribution in [2.24, 2.45) is 0 Å². The summed E-state index contributed by atoms with van der Waals surface area (Å²) in [5.41, 5.74) is -1.50. The van der Waals surface area contributed by atoms with Gasteiger partial charge in [-0.3, -0.25) is 0 Å². The van der Waals surface area contributed by atoms with Crippen LogP contribution in [-0.2, 0) is 10.9 Å². The molecule has 4 nitrogen and oxygen atoms in total. The molecule has 1 aliphatic heterocycles. The number of nitrogens with zero attached hydrogens (tertiary/aromatic N) is 1. The molecular weight excluding hydrogens is 275 g/mol. The highest BCUT2D eigenvalue weighted by Gasteiger charge is 2.36. The minimum atomic E-state index is -4.70. The summed E-state index contributed by atoms with van der Waals surface area (Å²) in [4.78, 5) is 12.7. The van der Waals surface area contributed by atoms with Gasteiger partial charge in [0.15, 0.2) is 0 Å². The van der Waals surface area contributed by atoms with Gasteiger partial charge in [-0.15, -0.1) is 0 Å². The van der Waals surface area contributed by atoms with E-state index in [1.807, 2.05) is 6.92 Å². The van der Waals surface area contributed by atoms with E-state index in [1.54, 1.807) is 4.90 Å². The van der Waals surface area contributed by atoms with E-state index < -0.39 is 23.3 Å². The molecule has 1 N–H and O–H groups in total. The summed E-state index contributed by atoms with van der Waals surface area (Å²) in [6, 6.07) is 3.24. The van der Waals surface area contributed by atoms with Crippen molar-refractivity contribution >= 4 is 11.7 Å². The van der Waals surface area contributed by atoms with Crippen LogP contribution in [0.1, 0.15) is 22.8 Å². The first-order valence-electron chi connectivity index (χ1n) is 6.09. The average molecular weight is 289 g/mol. The highest BCUT2D eigenvalue weighted by Crippen LogP contribution is 2.35. The topological polar surface area (TPSA) is 49.8 Å². The molecular formula is C13H14F3NO3. The Morgan fingerprint density at radius 3 is 2.70 bits per heavy atom. The zero-order valence-electron chi connectivity index (χ0n) is 10.8. The van der Waals surface area contributed by atoms with Gasteiger partial charge in [-0.25, -0.2) is 4.79 Å². The van der Waals surface area contributed by atoms with E-state index in [-0.39, 0.29) is 6.04 Å². The molecule has 1 heterocycles. The third-order valence-electron chi connectivity index (χ3n) is 3.24. The number of halogens is 3. The van der Waals surface area contributed by atoms with Crippen LogP contribution in [0.15, 0.2) is 18.2 Å². The smallest absolute Gasteiger partial charge is 0.417 e. The van der Waals surface area contributed by atoms with Crippen LogP contribution in [0.25, 0.3) is 0 Å². The Kier molecular flexibility index (Phi) is 3.89. The van der Waals surface area contributed by atoms with E-state index in [9.17, 15) is 18.0 Å². The summed E-state index contributed by atoms with van der Waals surface area (Å²) in [5.74, 6) is -1.58. The van der Waals surface area contributed by atoms with Crippen LogP contribution in [0.3, 0.4) is 0 Å². The number of hydrogen-bond acceptors (Lipinski definition) is 3. The summed E-state index contributed by atoms with van der Waals surface area (Å²) in [6.45, 7) is 3.19. The van der Waals surface area contributed by atoms with E-state index >= 15 is 0 Å². The fourth-order valence-electron chi connectivity index (χ4n) is 2.24. The Hall–Kier alpha value is -1.76. The number of anilines is 1. The summed E-state index contributed by atoms with van der Waals surface area (Å²) < 4.78 is 44.1. The third kappa shape index (κ3) is 2.87. The van der Waals surface area contributed by atoms with Gasteiger partial charge < -0.3 is 14.7 Å². The van der Waals surface area contributed by atoms with Crippen molar-refractivity contribution in [1.29, 1.82) is 0 Å². The Bertz CT molecular complexity index is 516. The first-order valence-corrected chi connectivity index (χ1v) is 6.09. The second-order valence-corrected chi connectivity index (χ2v) is 4.65. The van der Waals surface area contributed by atoms with E-state index in [0.29, 0.717) is 25.4 Å². The lowest BCUT2D eigenvalue weighted by Gasteiger charge is -2.35. The van der Waals surface area contributed by atoms with Crippen molar-refractivity contribution in [2.45, 2.75) is 19.1 Å². The second kappa shape index (κ2) is 5.32. The monoisotopic (exact) mass is 289 g/mol. The van der Waals surface area contributed by atoms with E-state index in [2.05, 4.69) is 0 Å². The standard InChI is InChI=1S/C13H14F3NO3/c1-8-7-20-5-4-17(8)9-2-3-10(12(18)19)11(6-9)13(14,15)16/h2-3,6,8H,4-5,7H2,1H3,(H,18,19). The molecule has 0 aromatic heterocycles. The molecule has 0 spiro atoms.